The highest BCUT2D eigenvalue weighted by atomic mass is 35.5. The molecule has 0 radical (unpaired) electrons. The van der Waals surface area contributed by atoms with E-state index in [0.717, 1.165) is 16.1 Å². The van der Waals surface area contributed by atoms with Crippen LogP contribution in [0.15, 0.2) is 73.4 Å². The highest BCUT2D eigenvalue weighted by molar-refractivity contribution is 7.91. The van der Waals surface area contributed by atoms with Gasteiger partial charge in [-0.25, -0.2) is 13.2 Å². The topological polar surface area (TPSA) is 117 Å². The number of nitrogens with zero attached hydrogens (tertiary/aromatic N) is 3. The van der Waals surface area contributed by atoms with Gasteiger partial charge >= 0.3 is 5.69 Å². The number of hydrogen-bond donors (Lipinski definition) is 2. The minimum absolute atomic E-state index is 0.0259. The number of H-pyrrole nitrogens is 1. The molecule has 2 aromatic carbocycles. The molecule has 0 fully saturated rings. The lowest BCUT2D eigenvalue weighted by molar-refractivity contribution is 0.162. The Bertz CT molecular complexity index is 1830. The van der Waals surface area contributed by atoms with Crippen molar-refractivity contribution in [3.05, 3.63) is 79.9 Å². The molecule has 2 N–H and O–H groups in total. The van der Waals surface area contributed by atoms with Crippen LogP contribution in [0.4, 0.5) is 5.69 Å². The van der Waals surface area contributed by atoms with E-state index in [1.165, 1.54) is 29.5 Å². The molecule has 3 heterocycles. The Kier molecular flexibility index (Phi) is 5.08. The number of aromatic amines is 1. The van der Waals surface area contributed by atoms with Crippen LogP contribution in [0.3, 0.4) is 0 Å². The van der Waals surface area contributed by atoms with E-state index < -0.39 is 21.1 Å². The molecule has 9 nitrogen and oxygen atoms in total. The predicted octanol–water partition coefficient (Wildman–Crippen LogP) is 3.48. The molecule has 0 aliphatic carbocycles. The zero-order chi connectivity index (χ0) is 24.4. The van der Waals surface area contributed by atoms with Crippen LogP contribution in [-0.4, -0.2) is 42.0 Å². The Morgan fingerprint density at radius 1 is 1.09 bits per heavy atom. The molecular formula is C22H17ClN4O5S2. The molecule has 12 heteroatoms. The molecule has 3 aromatic heterocycles. The van der Waals surface area contributed by atoms with Gasteiger partial charge in [0.1, 0.15) is 5.00 Å². The Labute approximate surface area is 201 Å². The van der Waals surface area contributed by atoms with E-state index in [4.69, 9.17) is 11.6 Å². The van der Waals surface area contributed by atoms with Gasteiger partial charge in [-0.2, -0.15) is 0 Å². The normalized spacial score (nSPS) is 12.0. The molecule has 0 atom stereocenters. The highest BCUT2D eigenvalue weighted by Crippen LogP contribution is 2.33. The number of rotatable bonds is 4. The molecule has 0 saturated carbocycles. The number of anilines is 1. The average Bonchev–Trinajstić information content (AvgIpc) is 3.44. The van der Waals surface area contributed by atoms with Crippen molar-refractivity contribution in [2.75, 3.05) is 19.0 Å². The minimum Gasteiger partial charge on any atom is -0.421 e. The van der Waals surface area contributed by atoms with Gasteiger partial charge in [-0.15, -0.1) is 11.3 Å². The zero-order valence-corrected chi connectivity index (χ0v) is 20.2. The van der Waals surface area contributed by atoms with Crippen LogP contribution < -0.4 is 16.1 Å². The van der Waals surface area contributed by atoms with Gasteiger partial charge in [0.25, 0.3) is 5.56 Å². The standard InChI is InChI=1S/C22H17ClN4O5S2/c1-25(2)13-9-18(33-11-13)26-8-7-12-3-4-14(10-16(12)26)34(31,32)17-6-5-15(23)19-20(17)24-22(29)27(30)21(19)28/h3-11,30H,1-2H3,(H,24,29). The molecule has 0 amide bonds. The second kappa shape index (κ2) is 7.76. The maximum Gasteiger partial charge on any atom is 0.362 e. The van der Waals surface area contributed by atoms with Gasteiger partial charge in [0.05, 0.1) is 31.2 Å². The van der Waals surface area contributed by atoms with Crippen molar-refractivity contribution < 1.29 is 13.6 Å². The summed E-state index contributed by atoms with van der Waals surface area (Å²) >= 11 is 7.61. The van der Waals surface area contributed by atoms with Crippen molar-refractivity contribution in [2.45, 2.75) is 9.79 Å². The van der Waals surface area contributed by atoms with Crippen LogP contribution in [0, 0.1) is 0 Å². The summed E-state index contributed by atoms with van der Waals surface area (Å²) in [5.41, 5.74) is -0.846. The van der Waals surface area contributed by atoms with E-state index in [2.05, 4.69) is 4.98 Å². The van der Waals surface area contributed by atoms with Crippen LogP contribution in [0.1, 0.15) is 0 Å². The van der Waals surface area contributed by atoms with E-state index in [-0.39, 0.29) is 30.4 Å². The quantitative estimate of drug-likeness (QED) is 0.353. The molecule has 0 spiro atoms. The Hall–Kier alpha value is -3.54. The lowest BCUT2D eigenvalue weighted by atomic mass is 10.2. The van der Waals surface area contributed by atoms with Crippen molar-refractivity contribution in [1.29, 1.82) is 0 Å². The van der Waals surface area contributed by atoms with Gasteiger partial charge in [0, 0.05) is 36.7 Å². The Morgan fingerprint density at radius 2 is 1.85 bits per heavy atom. The molecule has 0 bridgehead atoms. The lowest BCUT2D eigenvalue weighted by Crippen LogP contribution is -2.33. The maximum absolute atomic E-state index is 13.6. The predicted molar refractivity (Wildman–Crippen MR) is 132 cm³/mol. The summed E-state index contributed by atoms with van der Waals surface area (Å²) in [4.78, 5) is 28.3. The minimum atomic E-state index is -4.18. The number of nitrogens with one attached hydrogen (secondary N) is 1. The van der Waals surface area contributed by atoms with Crippen LogP contribution in [0.5, 0.6) is 0 Å². The third kappa shape index (κ3) is 3.31. The number of sulfone groups is 1. The number of benzene rings is 2. The summed E-state index contributed by atoms with van der Waals surface area (Å²) in [5, 5.41) is 13.0. The summed E-state index contributed by atoms with van der Waals surface area (Å²) in [5.74, 6) is 0. The molecule has 0 unspecified atom stereocenters. The third-order valence-corrected chi connectivity index (χ3v) is 8.56. The summed E-state index contributed by atoms with van der Waals surface area (Å²) in [7, 11) is -0.300. The van der Waals surface area contributed by atoms with Crippen LogP contribution >= 0.6 is 22.9 Å². The molecule has 34 heavy (non-hydrogen) atoms. The fourth-order valence-electron chi connectivity index (χ4n) is 3.74. The second-order valence-electron chi connectivity index (χ2n) is 7.79. The van der Waals surface area contributed by atoms with Gasteiger partial charge in [-0.05, 0) is 36.4 Å². The molecule has 5 aromatic rings. The lowest BCUT2D eigenvalue weighted by Gasteiger charge is -2.11. The molecular weight excluding hydrogens is 500 g/mol. The molecule has 174 valence electrons. The fraction of sp³-hybridized carbons (Fsp3) is 0.0909. The highest BCUT2D eigenvalue weighted by Gasteiger charge is 2.25. The van der Waals surface area contributed by atoms with Gasteiger partial charge in [-0.3, -0.25) is 4.79 Å². The van der Waals surface area contributed by atoms with E-state index in [0.29, 0.717) is 5.52 Å². The van der Waals surface area contributed by atoms with Crippen LogP contribution in [0.25, 0.3) is 26.8 Å². The first-order valence-corrected chi connectivity index (χ1v) is 12.6. The van der Waals surface area contributed by atoms with Gasteiger partial charge in [0.2, 0.25) is 9.84 Å². The number of halogens is 1. The zero-order valence-electron chi connectivity index (χ0n) is 17.8. The van der Waals surface area contributed by atoms with E-state index >= 15 is 0 Å². The smallest absolute Gasteiger partial charge is 0.362 e. The van der Waals surface area contributed by atoms with Gasteiger partial charge in [-0.1, -0.05) is 22.4 Å². The Balaban J connectivity index is 1.73. The van der Waals surface area contributed by atoms with Gasteiger partial charge in [0.15, 0.2) is 0 Å². The fourth-order valence-corrected chi connectivity index (χ4v) is 6.40. The largest absolute Gasteiger partial charge is 0.421 e. The summed E-state index contributed by atoms with van der Waals surface area (Å²) in [6.07, 6.45) is 1.87. The second-order valence-corrected chi connectivity index (χ2v) is 11.0. The molecule has 0 saturated heterocycles. The molecule has 5 rings (SSSR count). The number of thiophene rings is 1. The van der Waals surface area contributed by atoms with Crippen molar-refractivity contribution in [2.24, 2.45) is 0 Å². The first-order valence-electron chi connectivity index (χ1n) is 9.89. The first kappa shape index (κ1) is 22.3. The van der Waals surface area contributed by atoms with E-state index in [1.54, 1.807) is 12.1 Å². The van der Waals surface area contributed by atoms with E-state index in [9.17, 15) is 23.2 Å². The first-order chi connectivity index (χ1) is 16.1. The maximum atomic E-state index is 13.6. The molecule has 0 aliphatic rings. The summed E-state index contributed by atoms with van der Waals surface area (Å²) < 4.78 is 29.0. The van der Waals surface area contributed by atoms with Gasteiger partial charge < -0.3 is 19.7 Å². The monoisotopic (exact) mass is 516 g/mol. The third-order valence-electron chi connectivity index (χ3n) is 5.54. The van der Waals surface area contributed by atoms with Crippen LogP contribution in [-0.2, 0) is 9.84 Å². The van der Waals surface area contributed by atoms with Crippen molar-refractivity contribution in [1.82, 2.24) is 14.3 Å². The van der Waals surface area contributed by atoms with Crippen molar-refractivity contribution in [3.63, 3.8) is 0 Å². The number of aromatic nitrogens is 3. The summed E-state index contributed by atoms with van der Waals surface area (Å²) in [6, 6.07) is 11.1. The average molecular weight is 517 g/mol. The summed E-state index contributed by atoms with van der Waals surface area (Å²) in [6.45, 7) is 0. The van der Waals surface area contributed by atoms with Crippen molar-refractivity contribution in [3.8, 4) is 5.00 Å². The van der Waals surface area contributed by atoms with Crippen LogP contribution in [0.2, 0.25) is 5.02 Å². The van der Waals surface area contributed by atoms with E-state index in [1.807, 2.05) is 47.3 Å². The van der Waals surface area contributed by atoms with Crippen molar-refractivity contribution >= 4 is 60.3 Å². The Morgan fingerprint density at radius 3 is 2.56 bits per heavy atom. The molecule has 0 aliphatic heterocycles. The SMILES string of the molecule is CN(C)c1csc(-n2ccc3ccc(S(=O)(=O)c4ccc(Cl)c5c(=O)n(O)c(=O)[nH]c45)cc32)c1. The number of fused-ring (bicyclic) bond motifs is 2. The number of hydrogen-bond acceptors (Lipinski definition) is 7.